The average Bonchev–Trinajstić information content (AvgIpc) is 3.10. The van der Waals surface area contributed by atoms with Gasteiger partial charge in [0.1, 0.15) is 0 Å². The molecule has 2 heterocycles. The minimum atomic E-state index is 0. The molecule has 0 spiro atoms. The number of nitrogens with zero attached hydrogens (tertiary/aromatic N) is 2. The number of rotatable bonds is 3. The van der Waals surface area contributed by atoms with E-state index in [1.165, 1.54) is 24.2 Å². The SMILES string of the molecule is Cl.NC1CCCC2CN(CC(=O)Nc3nc4ccccc4s3)CC12. The summed E-state index contributed by atoms with van der Waals surface area (Å²) in [6.45, 7) is 2.40. The fraction of sp³-hybridized carbons (Fsp3) is 0.529. The molecule has 24 heavy (non-hydrogen) atoms. The fourth-order valence-corrected chi connectivity index (χ4v) is 4.91. The van der Waals surface area contributed by atoms with Crippen molar-refractivity contribution in [3.8, 4) is 0 Å². The Morgan fingerprint density at radius 3 is 2.96 bits per heavy atom. The Hall–Kier alpha value is -1.21. The number of hydrogen-bond acceptors (Lipinski definition) is 5. The lowest BCUT2D eigenvalue weighted by Crippen LogP contribution is -2.38. The summed E-state index contributed by atoms with van der Waals surface area (Å²) in [7, 11) is 0. The summed E-state index contributed by atoms with van der Waals surface area (Å²) >= 11 is 1.52. The second kappa shape index (κ2) is 7.35. The van der Waals surface area contributed by atoms with Crippen molar-refractivity contribution >= 4 is 45.0 Å². The Labute approximate surface area is 152 Å². The zero-order valence-electron chi connectivity index (χ0n) is 13.5. The lowest BCUT2D eigenvalue weighted by molar-refractivity contribution is -0.117. The number of anilines is 1. The van der Waals surface area contributed by atoms with E-state index in [0.717, 1.165) is 29.7 Å². The van der Waals surface area contributed by atoms with Crippen molar-refractivity contribution in [1.82, 2.24) is 9.88 Å². The van der Waals surface area contributed by atoms with E-state index in [4.69, 9.17) is 5.73 Å². The summed E-state index contributed by atoms with van der Waals surface area (Å²) in [4.78, 5) is 19.0. The number of thiazole rings is 1. The monoisotopic (exact) mass is 366 g/mol. The number of halogens is 1. The second-order valence-corrected chi connectivity index (χ2v) is 7.78. The van der Waals surface area contributed by atoms with Crippen molar-refractivity contribution in [2.75, 3.05) is 25.0 Å². The number of carbonyl (C=O) groups is 1. The number of likely N-dealkylation sites (tertiary alicyclic amines) is 1. The average molecular weight is 367 g/mol. The molecule has 2 aromatic rings. The maximum Gasteiger partial charge on any atom is 0.240 e. The molecular formula is C17H23ClN4OS. The zero-order chi connectivity index (χ0) is 15.8. The molecule has 1 aromatic heterocycles. The molecule has 1 aromatic carbocycles. The van der Waals surface area contributed by atoms with E-state index >= 15 is 0 Å². The molecular weight excluding hydrogens is 344 g/mol. The molecule has 2 fully saturated rings. The van der Waals surface area contributed by atoms with E-state index in [0.29, 0.717) is 29.6 Å². The molecule has 2 aliphatic rings. The molecule has 3 unspecified atom stereocenters. The Balaban J connectivity index is 0.00000169. The number of nitrogens with one attached hydrogen (secondary N) is 1. The molecule has 3 N–H and O–H groups in total. The van der Waals surface area contributed by atoms with Gasteiger partial charge < -0.3 is 11.1 Å². The zero-order valence-corrected chi connectivity index (χ0v) is 15.1. The highest BCUT2D eigenvalue weighted by Gasteiger charge is 2.39. The summed E-state index contributed by atoms with van der Waals surface area (Å²) in [5, 5.41) is 3.63. The largest absolute Gasteiger partial charge is 0.327 e. The normalized spacial score (nSPS) is 26.8. The minimum Gasteiger partial charge on any atom is -0.327 e. The number of carbonyl (C=O) groups excluding carboxylic acids is 1. The summed E-state index contributed by atoms with van der Waals surface area (Å²) in [6.07, 6.45) is 3.62. The van der Waals surface area contributed by atoms with Gasteiger partial charge in [-0.25, -0.2) is 4.98 Å². The van der Waals surface area contributed by atoms with E-state index in [1.54, 1.807) is 0 Å². The van der Waals surface area contributed by atoms with Gasteiger partial charge in [-0.05, 0) is 36.8 Å². The first-order valence-corrected chi connectivity index (χ1v) is 9.14. The van der Waals surface area contributed by atoms with Crippen LogP contribution in [0.4, 0.5) is 5.13 Å². The van der Waals surface area contributed by atoms with Crippen LogP contribution in [0.1, 0.15) is 19.3 Å². The standard InChI is InChI=1S/C17H22N4OS.ClH/c18-13-5-3-4-11-8-21(9-12(11)13)10-16(22)20-17-19-14-6-1-2-7-15(14)23-17;/h1-2,6-7,11-13H,3-5,8-10,18H2,(H,19,20,22);1H. The Kier molecular flexibility index (Phi) is 5.39. The minimum absolute atomic E-state index is 0. The summed E-state index contributed by atoms with van der Waals surface area (Å²) < 4.78 is 1.10. The van der Waals surface area contributed by atoms with Crippen LogP contribution in [0.3, 0.4) is 0 Å². The fourth-order valence-electron chi connectivity index (χ4n) is 4.03. The van der Waals surface area contributed by atoms with Crippen LogP contribution in [0.5, 0.6) is 0 Å². The summed E-state index contributed by atoms with van der Waals surface area (Å²) in [6, 6.07) is 8.25. The molecule has 0 bridgehead atoms. The van der Waals surface area contributed by atoms with Crippen LogP contribution in [0.2, 0.25) is 0 Å². The van der Waals surface area contributed by atoms with E-state index in [9.17, 15) is 4.79 Å². The lowest BCUT2D eigenvalue weighted by Gasteiger charge is -2.29. The number of benzene rings is 1. The third-order valence-corrected chi connectivity index (χ3v) is 6.09. The Bertz CT molecular complexity index is 688. The molecule has 130 valence electrons. The molecule has 0 radical (unpaired) electrons. The molecule has 7 heteroatoms. The van der Waals surface area contributed by atoms with Crippen molar-refractivity contribution in [2.45, 2.75) is 25.3 Å². The predicted molar refractivity (Wildman–Crippen MR) is 101 cm³/mol. The molecule has 1 aliphatic carbocycles. The van der Waals surface area contributed by atoms with Crippen molar-refractivity contribution < 1.29 is 4.79 Å². The van der Waals surface area contributed by atoms with Gasteiger partial charge in [-0.1, -0.05) is 29.9 Å². The number of nitrogens with two attached hydrogens (primary N) is 1. The van der Waals surface area contributed by atoms with Crippen LogP contribution in [0.15, 0.2) is 24.3 Å². The van der Waals surface area contributed by atoms with Crippen LogP contribution in [-0.2, 0) is 4.79 Å². The first-order valence-electron chi connectivity index (χ1n) is 8.32. The number of aromatic nitrogens is 1. The van der Waals surface area contributed by atoms with E-state index in [-0.39, 0.29) is 18.3 Å². The molecule has 5 nitrogen and oxygen atoms in total. The molecule has 4 rings (SSSR count). The van der Waals surface area contributed by atoms with E-state index in [2.05, 4.69) is 15.2 Å². The van der Waals surface area contributed by atoms with Crippen molar-refractivity contribution in [3.05, 3.63) is 24.3 Å². The Morgan fingerprint density at radius 2 is 2.17 bits per heavy atom. The third kappa shape index (κ3) is 3.57. The summed E-state index contributed by atoms with van der Waals surface area (Å²) in [5.74, 6) is 1.27. The van der Waals surface area contributed by atoms with Gasteiger partial charge in [0, 0.05) is 19.1 Å². The first kappa shape index (κ1) is 17.6. The highest BCUT2D eigenvalue weighted by Crippen LogP contribution is 2.35. The highest BCUT2D eigenvalue weighted by molar-refractivity contribution is 7.22. The summed E-state index contributed by atoms with van der Waals surface area (Å²) in [5.41, 5.74) is 7.18. The van der Waals surface area contributed by atoms with Gasteiger partial charge in [0.15, 0.2) is 5.13 Å². The smallest absolute Gasteiger partial charge is 0.240 e. The molecule has 3 atom stereocenters. The molecule has 1 amide bonds. The number of fused-ring (bicyclic) bond motifs is 2. The highest BCUT2D eigenvalue weighted by atomic mass is 35.5. The maximum absolute atomic E-state index is 12.3. The van der Waals surface area contributed by atoms with Crippen LogP contribution < -0.4 is 11.1 Å². The van der Waals surface area contributed by atoms with E-state index < -0.39 is 0 Å². The van der Waals surface area contributed by atoms with Gasteiger partial charge in [-0.2, -0.15) is 0 Å². The first-order chi connectivity index (χ1) is 11.2. The third-order valence-electron chi connectivity index (χ3n) is 5.14. The van der Waals surface area contributed by atoms with Crippen LogP contribution in [-0.4, -0.2) is 41.5 Å². The lowest BCUT2D eigenvalue weighted by atomic mass is 9.78. The van der Waals surface area contributed by atoms with E-state index in [1.807, 2.05) is 24.3 Å². The molecule has 1 saturated carbocycles. The van der Waals surface area contributed by atoms with Gasteiger partial charge in [0.05, 0.1) is 16.8 Å². The van der Waals surface area contributed by atoms with Crippen molar-refractivity contribution in [2.24, 2.45) is 17.6 Å². The quantitative estimate of drug-likeness (QED) is 0.876. The van der Waals surface area contributed by atoms with Gasteiger partial charge in [0.2, 0.25) is 5.91 Å². The van der Waals surface area contributed by atoms with Crippen LogP contribution >= 0.6 is 23.7 Å². The van der Waals surface area contributed by atoms with Crippen molar-refractivity contribution in [3.63, 3.8) is 0 Å². The van der Waals surface area contributed by atoms with Gasteiger partial charge in [0.25, 0.3) is 0 Å². The second-order valence-electron chi connectivity index (χ2n) is 6.75. The number of para-hydroxylation sites is 1. The molecule has 1 saturated heterocycles. The van der Waals surface area contributed by atoms with Crippen LogP contribution in [0, 0.1) is 11.8 Å². The number of hydrogen-bond donors (Lipinski definition) is 2. The van der Waals surface area contributed by atoms with Crippen LogP contribution in [0.25, 0.3) is 10.2 Å². The Morgan fingerprint density at radius 1 is 1.33 bits per heavy atom. The molecule has 1 aliphatic heterocycles. The van der Waals surface area contributed by atoms with Crippen molar-refractivity contribution in [1.29, 1.82) is 0 Å². The topological polar surface area (TPSA) is 71.2 Å². The predicted octanol–water partition coefficient (Wildman–Crippen LogP) is 2.72. The van der Waals surface area contributed by atoms with Gasteiger partial charge in [-0.3, -0.25) is 9.69 Å². The van der Waals surface area contributed by atoms with Gasteiger partial charge in [-0.15, -0.1) is 12.4 Å². The van der Waals surface area contributed by atoms with Gasteiger partial charge >= 0.3 is 0 Å². The number of amides is 1. The maximum atomic E-state index is 12.3.